The first-order valence-corrected chi connectivity index (χ1v) is 7.73. The predicted octanol–water partition coefficient (Wildman–Crippen LogP) is 0.0210. The molecule has 3 atom stereocenters. The Morgan fingerprint density at radius 1 is 1.32 bits per heavy atom. The molecule has 0 bridgehead atoms. The fourth-order valence-electron chi connectivity index (χ4n) is 3.06. The molecule has 2 fully saturated rings. The summed E-state index contributed by atoms with van der Waals surface area (Å²) in [5.41, 5.74) is 0.862. The Morgan fingerprint density at radius 2 is 2.09 bits per heavy atom. The zero-order valence-corrected chi connectivity index (χ0v) is 12.4. The number of carbonyl (C=O) groups is 2. The van der Waals surface area contributed by atoms with Crippen LogP contribution in [0, 0.1) is 0 Å². The molecule has 22 heavy (non-hydrogen) atoms. The zero-order chi connectivity index (χ0) is 15.5. The number of β-amino-alcohol motifs (C(OH)–C–C–N with tert-alkyl or cyclic N) is 1. The second-order valence-corrected chi connectivity index (χ2v) is 5.88. The van der Waals surface area contributed by atoms with Crippen LogP contribution in [-0.4, -0.2) is 48.2 Å². The highest BCUT2D eigenvalue weighted by molar-refractivity contribution is 6.00. The molecular formula is C16H21N3O3. The normalized spacial score (nSPS) is 28.7. The molecule has 0 aliphatic carbocycles. The minimum atomic E-state index is -0.487. The van der Waals surface area contributed by atoms with E-state index in [0.717, 1.165) is 12.1 Å². The van der Waals surface area contributed by atoms with Gasteiger partial charge in [-0.25, -0.2) is 0 Å². The van der Waals surface area contributed by atoms with Gasteiger partial charge in [0.25, 0.3) is 0 Å². The van der Waals surface area contributed by atoms with Crippen LogP contribution in [0.2, 0.25) is 0 Å². The second-order valence-electron chi connectivity index (χ2n) is 5.88. The van der Waals surface area contributed by atoms with Crippen LogP contribution in [0.4, 0.5) is 5.69 Å². The number of anilines is 1. The van der Waals surface area contributed by atoms with Crippen molar-refractivity contribution in [3.8, 4) is 0 Å². The molecule has 3 N–H and O–H groups in total. The number of nitrogens with zero attached hydrogens (tertiary/aromatic N) is 1. The Balaban J connectivity index is 1.64. The van der Waals surface area contributed by atoms with E-state index < -0.39 is 18.2 Å². The van der Waals surface area contributed by atoms with E-state index in [0.29, 0.717) is 25.9 Å². The number of rotatable bonds is 3. The standard InChI is InChI=1S/C16H21N3O3/c20-12-9-14(17-10-12)15(21)18-13-7-4-8-19(16(13)22)11-5-2-1-3-6-11/h1-3,5-6,12-14,17,20H,4,7-10H2,(H,18,21). The molecule has 6 nitrogen and oxygen atoms in total. The number of aliphatic hydroxyl groups is 1. The average molecular weight is 303 g/mol. The summed E-state index contributed by atoms with van der Waals surface area (Å²) in [5, 5.41) is 15.3. The number of carbonyl (C=O) groups excluding carboxylic acids is 2. The largest absolute Gasteiger partial charge is 0.392 e. The van der Waals surface area contributed by atoms with E-state index in [2.05, 4.69) is 10.6 Å². The van der Waals surface area contributed by atoms with Crippen LogP contribution >= 0.6 is 0 Å². The Morgan fingerprint density at radius 3 is 2.77 bits per heavy atom. The molecule has 2 aliphatic rings. The monoisotopic (exact) mass is 303 g/mol. The summed E-state index contributed by atoms with van der Waals surface area (Å²) in [7, 11) is 0. The van der Waals surface area contributed by atoms with Crippen LogP contribution in [0.25, 0.3) is 0 Å². The summed E-state index contributed by atoms with van der Waals surface area (Å²) in [6.07, 6.45) is 1.42. The number of benzene rings is 1. The summed E-state index contributed by atoms with van der Waals surface area (Å²) in [6.45, 7) is 1.10. The number of hydrogen-bond acceptors (Lipinski definition) is 4. The van der Waals surface area contributed by atoms with Gasteiger partial charge in [-0.1, -0.05) is 18.2 Å². The summed E-state index contributed by atoms with van der Waals surface area (Å²) in [4.78, 5) is 26.5. The minimum absolute atomic E-state index is 0.0654. The van der Waals surface area contributed by atoms with Crippen LogP contribution in [0.3, 0.4) is 0 Å². The maximum Gasteiger partial charge on any atom is 0.249 e. The van der Waals surface area contributed by atoms with Gasteiger partial charge in [0, 0.05) is 18.8 Å². The summed E-state index contributed by atoms with van der Waals surface area (Å²) in [6, 6.07) is 8.61. The molecule has 0 radical (unpaired) electrons. The van der Waals surface area contributed by atoms with Crippen LogP contribution < -0.4 is 15.5 Å². The molecule has 6 heteroatoms. The van der Waals surface area contributed by atoms with Gasteiger partial charge in [-0.15, -0.1) is 0 Å². The molecule has 1 aromatic carbocycles. The first-order chi connectivity index (χ1) is 10.6. The molecule has 118 valence electrons. The number of aliphatic hydroxyl groups excluding tert-OH is 1. The number of hydrogen-bond donors (Lipinski definition) is 3. The van der Waals surface area contributed by atoms with Crippen LogP contribution in [-0.2, 0) is 9.59 Å². The van der Waals surface area contributed by atoms with Gasteiger partial charge in [-0.05, 0) is 31.4 Å². The zero-order valence-electron chi connectivity index (χ0n) is 12.4. The molecule has 2 heterocycles. The van der Waals surface area contributed by atoms with Crippen molar-refractivity contribution in [3.63, 3.8) is 0 Å². The predicted molar refractivity (Wildman–Crippen MR) is 82.4 cm³/mol. The maximum atomic E-state index is 12.6. The summed E-state index contributed by atoms with van der Waals surface area (Å²) >= 11 is 0. The third kappa shape index (κ3) is 3.13. The molecule has 0 aromatic heterocycles. The fraction of sp³-hybridized carbons (Fsp3) is 0.500. The molecule has 3 unspecified atom stereocenters. The van der Waals surface area contributed by atoms with Gasteiger partial charge in [0.15, 0.2) is 0 Å². The third-order valence-electron chi connectivity index (χ3n) is 4.25. The Labute approximate surface area is 129 Å². The Bertz CT molecular complexity index is 549. The molecule has 2 aliphatic heterocycles. The molecular weight excluding hydrogens is 282 g/mol. The number of para-hydroxylation sites is 1. The van der Waals surface area contributed by atoms with Crippen molar-refractivity contribution in [2.24, 2.45) is 0 Å². The maximum absolute atomic E-state index is 12.6. The van der Waals surface area contributed by atoms with Gasteiger partial charge in [0.05, 0.1) is 12.1 Å². The van der Waals surface area contributed by atoms with Crippen LogP contribution in [0.1, 0.15) is 19.3 Å². The van der Waals surface area contributed by atoms with E-state index in [1.165, 1.54) is 0 Å². The van der Waals surface area contributed by atoms with Crippen molar-refractivity contribution in [1.29, 1.82) is 0 Å². The van der Waals surface area contributed by atoms with Crippen molar-refractivity contribution < 1.29 is 14.7 Å². The topological polar surface area (TPSA) is 81.7 Å². The van der Waals surface area contributed by atoms with E-state index >= 15 is 0 Å². The molecule has 0 saturated carbocycles. The highest BCUT2D eigenvalue weighted by Crippen LogP contribution is 2.21. The summed E-state index contributed by atoms with van der Waals surface area (Å²) < 4.78 is 0. The third-order valence-corrected chi connectivity index (χ3v) is 4.25. The van der Waals surface area contributed by atoms with Crippen LogP contribution in [0.5, 0.6) is 0 Å². The van der Waals surface area contributed by atoms with E-state index in [1.807, 2.05) is 30.3 Å². The minimum Gasteiger partial charge on any atom is -0.392 e. The molecule has 2 saturated heterocycles. The van der Waals surface area contributed by atoms with Crippen molar-refractivity contribution >= 4 is 17.5 Å². The lowest BCUT2D eigenvalue weighted by atomic mass is 10.0. The van der Waals surface area contributed by atoms with Gasteiger partial charge in [0.2, 0.25) is 11.8 Å². The lowest BCUT2D eigenvalue weighted by Gasteiger charge is -2.33. The first-order valence-electron chi connectivity index (χ1n) is 7.73. The lowest BCUT2D eigenvalue weighted by Crippen LogP contribution is -2.55. The quantitative estimate of drug-likeness (QED) is 0.735. The second kappa shape index (κ2) is 6.46. The highest BCUT2D eigenvalue weighted by atomic mass is 16.3. The van der Waals surface area contributed by atoms with Crippen LogP contribution in [0.15, 0.2) is 30.3 Å². The fourth-order valence-corrected chi connectivity index (χ4v) is 3.06. The molecule has 3 rings (SSSR count). The SMILES string of the molecule is O=C(NC1CCCN(c2ccccc2)C1=O)C1CC(O)CN1. The summed E-state index contributed by atoms with van der Waals surface area (Å²) in [5.74, 6) is -0.269. The van der Waals surface area contributed by atoms with Gasteiger partial charge in [-0.3, -0.25) is 9.59 Å². The number of amides is 2. The first kappa shape index (κ1) is 15.0. The lowest BCUT2D eigenvalue weighted by molar-refractivity contribution is -0.129. The van der Waals surface area contributed by atoms with Crippen molar-refractivity contribution in [2.75, 3.05) is 18.0 Å². The van der Waals surface area contributed by atoms with Gasteiger partial charge in [-0.2, -0.15) is 0 Å². The van der Waals surface area contributed by atoms with Crippen molar-refractivity contribution in [3.05, 3.63) is 30.3 Å². The van der Waals surface area contributed by atoms with Gasteiger partial charge < -0.3 is 20.6 Å². The van der Waals surface area contributed by atoms with E-state index in [-0.39, 0.29) is 11.8 Å². The smallest absolute Gasteiger partial charge is 0.249 e. The number of piperidine rings is 1. The van der Waals surface area contributed by atoms with Crippen molar-refractivity contribution in [1.82, 2.24) is 10.6 Å². The van der Waals surface area contributed by atoms with Gasteiger partial charge in [0.1, 0.15) is 6.04 Å². The number of nitrogens with one attached hydrogen (secondary N) is 2. The van der Waals surface area contributed by atoms with E-state index in [4.69, 9.17) is 0 Å². The molecule has 0 spiro atoms. The molecule has 2 amide bonds. The van der Waals surface area contributed by atoms with Crippen molar-refractivity contribution in [2.45, 2.75) is 37.5 Å². The molecule has 1 aromatic rings. The van der Waals surface area contributed by atoms with Gasteiger partial charge >= 0.3 is 0 Å². The Kier molecular flexibility index (Phi) is 4.40. The Hall–Kier alpha value is -1.92. The van der Waals surface area contributed by atoms with E-state index in [1.54, 1.807) is 4.90 Å². The average Bonchev–Trinajstić information content (AvgIpc) is 2.97. The highest BCUT2D eigenvalue weighted by Gasteiger charge is 2.34. The van der Waals surface area contributed by atoms with E-state index in [9.17, 15) is 14.7 Å².